The number of carboxylic acid groups (broad SMARTS) is 1. The lowest BCUT2D eigenvalue weighted by molar-refractivity contribution is 0.0693. The molecule has 0 bridgehead atoms. The molecule has 0 aliphatic heterocycles. The van der Waals surface area contributed by atoms with Gasteiger partial charge in [-0.05, 0) is 49.6 Å². The van der Waals surface area contributed by atoms with Crippen molar-refractivity contribution in [3.05, 3.63) is 58.4 Å². The molecular formula is C16H15FO3. The van der Waals surface area contributed by atoms with E-state index in [4.69, 9.17) is 9.84 Å². The topological polar surface area (TPSA) is 46.5 Å². The predicted octanol–water partition coefficient (Wildman–Crippen LogP) is 4.24. The Morgan fingerprint density at radius 3 is 2.35 bits per heavy atom. The van der Waals surface area contributed by atoms with Crippen molar-refractivity contribution < 1.29 is 19.0 Å². The van der Waals surface area contributed by atoms with E-state index in [2.05, 4.69) is 0 Å². The third kappa shape index (κ3) is 2.50. The molecule has 20 heavy (non-hydrogen) atoms. The highest BCUT2D eigenvalue weighted by Gasteiger charge is 2.18. The number of ether oxygens (including phenoxy) is 1. The summed E-state index contributed by atoms with van der Waals surface area (Å²) in [4.78, 5) is 11.2. The Labute approximate surface area is 116 Å². The van der Waals surface area contributed by atoms with Crippen LogP contribution in [0.1, 0.15) is 27.0 Å². The van der Waals surface area contributed by atoms with Gasteiger partial charge in [0.25, 0.3) is 0 Å². The molecule has 2 aromatic carbocycles. The van der Waals surface area contributed by atoms with Crippen LogP contribution in [0.2, 0.25) is 0 Å². The number of carboxylic acids is 1. The van der Waals surface area contributed by atoms with Gasteiger partial charge in [-0.25, -0.2) is 9.18 Å². The molecule has 3 nitrogen and oxygen atoms in total. The van der Waals surface area contributed by atoms with Crippen molar-refractivity contribution in [1.82, 2.24) is 0 Å². The molecule has 4 heteroatoms. The van der Waals surface area contributed by atoms with Crippen LogP contribution in [-0.4, -0.2) is 11.1 Å². The van der Waals surface area contributed by atoms with Crippen molar-refractivity contribution in [2.45, 2.75) is 20.8 Å². The molecule has 0 aromatic heterocycles. The van der Waals surface area contributed by atoms with Gasteiger partial charge in [-0.2, -0.15) is 0 Å². The summed E-state index contributed by atoms with van der Waals surface area (Å²) in [5, 5.41) is 9.11. The minimum Gasteiger partial charge on any atom is -0.478 e. The van der Waals surface area contributed by atoms with Crippen molar-refractivity contribution in [3.63, 3.8) is 0 Å². The highest BCUT2D eigenvalue weighted by molar-refractivity contribution is 5.91. The van der Waals surface area contributed by atoms with Crippen LogP contribution in [0.3, 0.4) is 0 Å². The van der Waals surface area contributed by atoms with E-state index in [0.29, 0.717) is 5.75 Å². The lowest BCUT2D eigenvalue weighted by Gasteiger charge is -2.15. The summed E-state index contributed by atoms with van der Waals surface area (Å²) >= 11 is 0. The first kappa shape index (κ1) is 14.1. The largest absolute Gasteiger partial charge is 0.478 e. The molecule has 0 saturated heterocycles. The number of carbonyl (C=O) groups is 1. The smallest absolute Gasteiger partial charge is 0.339 e. The second kappa shape index (κ2) is 5.33. The summed E-state index contributed by atoms with van der Waals surface area (Å²) in [6.45, 7) is 5.61. The molecule has 0 heterocycles. The maximum atomic E-state index is 13.9. The van der Waals surface area contributed by atoms with Gasteiger partial charge in [-0.1, -0.05) is 18.2 Å². The number of aryl methyl sites for hydroxylation is 2. The quantitative estimate of drug-likeness (QED) is 0.910. The zero-order valence-electron chi connectivity index (χ0n) is 11.5. The van der Waals surface area contributed by atoms with E-state index in [1.807, 2.05) is 32.9 Å². The fraction of sp³-hybridized carbons (Fsp3) is 0.188. The summed E-state index contributed by atoms with van der Waals surface area (Å²) in [6, 6.07) is 7.65. The van der Waals surface area contributed by atoms with Gasteiger partial charge in [0.05, 0.1) is 0 Å². The molecule has 0 radical (unpaired) electrons. The first-order valence-electron chi connectivity index (χ1n) is 6.18. The van der Waals surface area contributed by atoms with Crippen LogP contribution in [0.4, 0.5) is 4.39 Å². The standard InChI is InChI=1S/C16H15FO3/c1-9-7-8-10(2)14(11(9)3)20-15-12(16(18)19)5-4-6-13(15)17/h4-8H,1-3H3,(H,18,19). The van der Waals surface area contributed by atoms with Gasteiger partial charge in [-0.15, -0.1) is 0 Å². The number of hydrogen-bond donors (Lipinski definition) is 1. The number of rotatable bonds is 3. The number of aromatic carboxylic acids is 1. The SMILES string of the molecule is Cc1ccc(C)c(Oc2c(F)cccc2C(=O)O)c1C. The monoisotopic (exact) mass is 274 g/mol. The van der Waals surface area contributed by atoms with Gasteiger partial charge >= 0.3 is 5.97 Å². The van der Waals surface area contributed by atoms with Crippen LogP contribution in [0.5, 0.6) is 11.5 Å². The second-order valence-corrected chi connectivity index (χ2v) is 4.68. The van der Waals surface area contributed by atoms with Crippen molar-refractivity contribution in [3.8, 4) is 11.5 Å². The maximum absolute atomic E-state index is 13.9. The highest BCUT2D eigenvalue weighted by atomic mass is 19.1. The molecule has 0 spiro atoms. The molecule has 1 N–H and O–H groups in total. The fourth-order valence-corrected chi connectivity index (χ4v) is 1.97. The van der Waals surface area contributed by atoms with Crippen LogP contribution in [-0.2, 0) is 0 Å². The molecule has 0 saturated carbocycles. The van der Waals surface area contributed by atoms with E-state index < -0.39 is 11.8 Å². The molecular weight excluding hydrogens is 259 g/mol. The number of benzene rings is 2. The zero-order chi connectivity index (χ0) is 14.9. The molecule has 0 unspecified atom stereocenters. The van der Waals surface area contributed by atoms with Crippen molar-refractivity contribution in [2.24, 2.45) is 0 Å². The average molecular weight is 274 g/mol. The van der Waals surface area contributed by atoms with Crippen LogP contribution < -0.4 is 4.74 Å². The molecule has 2 rings (SSSR count). The molecule has 0 aliphatic rings. The Bertz CT molecular complexity index is 678. The van der Waals surface area contributed by atoms with E-state index in [1.54, 1.807) is 0 Å². The minimum atomic E-state index is -1.22. The van der Waals surface area contributed by atoms with Crippen molar-refractivity contribution >= 4 is 5.97 Å². The van der Waals surface area contributed by atoms with Crippen LogP contribution in [0.25, 0.3) is 0 Å². The van der Waals surface area contributed by atoms with Crippen LogP contribution >= 0.6 is 0 Å². The first-order chi connectivity index (χ1) is 9.41. The zero-order valence-corrected chi connectivity index (χ0v) is 11.5. The van der Waals surface area contributed by atoms with Crippen molar-refractivity contribution in [1.29, 1.82) is 0 Å². The molecule has 104 valence electrons. The highest BCUT2D eigenvalue weighted by Crippen LogP contribution is 2.34. The Hall–Kier alpha value is -2.36. The van der Waals surface area contributed by atoms with Crippen molar-refractivity contribution in [2.75, 3.05) is 0 Å². The third-order valence-electron chi connectivity index (χ3n) is 3.28. The molecule has 2 aromatic rings. The second-order valence-electron chi connectivity index (χ2n) is 4.68. The predicted molar refractivity (Wildman–Crippen MR) is 74.1 cm³/mol. The number of hydrogen-bond acceptors (Lipinski definition) is 2. The van der Waals surface area contributed by atoms with Gasteiger partial charge < -0.3 is 9.84 Å². The molecule has 0 amide bonds. The lowest BCUT2D eigenvalue weighted by Crippen LogP contribution is -2.03. The van der Waals surface area contributed by atoms with Gasteiger partial charge in [0.2, 0.25) is 0 Å². The molecule has 0 fully saturated rings. The Morgan fingerprint density at radius 2 is 1.70 bits per heavy atom. The lowest BCUT2D eigenvalue weighted by atomic mass is 10.1. The van der Waals surface area contributed by atoms with Gasteiger partial charge in [0.1, 0.15) is 11.3 Å². The normalized spacial score (nSPS) is 10.4. The van der Waals surface area contributed by atoms with E-state index in [9.17, 15) is 9.18 Å². The summed E-state index contributed by atoms with van der Waals surface area (Å²) in [6.07, 6.45) is 0. The van der Waals surface area contributed by atoms with E-state index in [0.717, 1.165) is 16.7 Å². The van der Waals surface area contributed by atoms with Crippen LogP contribution in [0, 0.1) is 26.6 Å². The van der Waals surface area contributed by atoms with E-state index >= 15 is 0 Å². The fourth-order valence-electron chi connectivity index (χ4n) is 1.97. The third-order valence-corrected chi connectivity index (χ3v) is 3.28. The number of para-hydroxylation sites is 1. The van der Waals surface area contributed by atoms with Crippen LogP contribution in [0.15, 0.2) is 30.3 Å². The minimum absolute atomic E-state index is 0.190. The summed E-state index contributed by atoms with van der Waals surface area (Å²) in [5.41, 5.74) is 2.50. The first-order valence-corrected chi connectivity index (χ1v) is 6.18. The van der Waals surface area contributed by atoms with E-state index in [-0.39, 0.29) is 11.3 Å². The summed E-state index contributed by atoms with van der Waals surface area (Å²) in [5.74, 6) is -1.66. The summed E-state index contributed by atoms with van der Waals surface area (Å²) < 4.78 is 19.5. The average Bonchev–Trinajstić information content (AvgIpc) is 2.40. The molecule has 0 aliphatic carbocycles. The van der Waals surface area contributed by atoms with Gasteiger partial charge in [-0.3, -0.25) is 0 Å². The number of halogens is 1. The summed E-state index contributed by atoms with van der Waals surface area (Å²) in [7, 11) is 0. The Balaban J connectivity index is 2.56. The Kier molecular flexibility index (Phi) is 3.74. The van der Waals surface area contributed by atoms with Gasteiger partial charge in [0, 0.05) is 0 Å². The maximum Gasteiger partial charge on any atom is 0.339 e. The van der Waals surface area contributed by atoms with E-state index in [1.165, 1.54) is 18.2 Å². The Morgan fingerprint density at radius 1 is 1.05 bits per heavy atom. The molecule has 0 atom stereocenters. The van der Waals surface area contributed by atoms with Gasteiger partial charge in [0.15, 0.2) is 11.6 Å².